The van der Waals surface area contributed by atoms with Crippen molar-refractivity contribution < 1.29 is 9.90 Å². The number of rotatable bonds is 4. The van der Waals surface area contributed by atoms with Gasteiger partial charge in [-0.3, -0.25) is 4.79 Å². The average Bonchev–Trinajstić information content (AvgIpc) is 3.04. The number of hydrazone groups is 1. The number of hydrogen-bond donors (Lipinski definition) is 3. The van der Waals surface area contributed by atoms with Gasteiger partial charge in [-0.2, -0.15) is 5.10 Å². The predicted molar refractivity (Wildman–Crippen MR) is 123 cm³/mol. The van der Waals surface area contributed by atoms with E-state index < -0.39 is 0 Å². The van der Waals surface area contributed by atoms with E-state index in [2.05, 4.69) is 57.1 Å². The maximum Gasteiger partial charge on any atom is 0.244 e. The van der Waals surface area contributed by atoms with Gasteiger partial charge in [-0.25, -0.2) is 5.43 Å². The second-order valence-corrected chi connectivity index (χ2v) is 9.79. The first kappa shape index (κ1) is 21.6. The van der Waals surface area contributed by atoms with Crippen LogP contribution >= 0.6 is 0 Å². The van der Waals surface area contributed by atoms with Gasteiger partial charge in [0.2, 0.25) is 5.91 Å². The van der Waals surface area contributed by atoms with Crippen LogP contribution in [0.25, 0.3) is 10.9 Å². The first-order valence-corrected chi connectivity index (χ1v) is 10.2. The summed E-state index contributed by atoms with van der Waals surface area (Å²) in [5, 5.41) is 16.0. The van der Waals surface area contributed by atoms with Crippen molar-refractivity contribution in [1.29, 1.82) is 0 Å². The minimum absolute atomic E-state index is 0.179. The second kappa shape index (κ2) is 7.98. The number of carbonyl (C=O) groups is 1. The fourth-order valence-corrected chi connectivity index (χ4v) is 3.54. The van der Waals surface area contributed by atoms with Crippen LogP contribution < -0.4 is 5.43 Å². The molecular weight excluding hydrogens is 374 g/mol. The van der Waals surface area contributed by atoms with Gasteiger partial charge >= 0.3 is 0 Å². The van der Waals surface area contributed by atoms with E-state index in [0.29, 0.717) is 5.75 Å². The minimum atomic E-state index is -0.216. The summed E-state index contributed by atoms with van der Waals surface area (Å²) < 4.78 is 0. The van der Waals surface area contributed by atoms with Crippen LogP contribution in [-0.4, -0.2) is 22.2 Å². The van der Waals surface area contributed by atoms with Crippen LogP contribution in [0.1, 0.15) is 63.8 Å². The number of para-hydroxylation sites is 1. The van der Waals surface area contributed by atoms with Gasteiger partial charge in [-0.05, 0) is 40.2 Å². The molecule has 0 aliphatic heterocycles. The van der Waals surface area contributed by atoms with Gasteiger partial charge in [-0.15, -0.1) is 0 Å². The maximum absolute atomic E-state index is 12.4. The predicted octanol–water partition coefficient (Wildman–Crippen LogP) is 5.16. The van der Waals surface area contributed by atoms with Crippen LogP contribution in [0, 0.1) is 0 Å². The maximum atomic E-state index is 12.4. The Balaban J connectivity index is 1.79. The Morgan fingerprint density at radius 1 is 1.07 bits per heavy atom. The Labute approximate surface area is 178 Å². The molecular formula is C25H31N3O2. The lowest BCUT2D eigenvalue weighted by Crippen LogP contribution is -2.20. The highest BCUT2D eigenvalue weighted by Crippen LogP contribution is 2.39. The van der Waals surface area contributed by atoms with Gasteiger partial charge in [0, 0.05) is 28.2 Å². The second-order valence-electron chi connectivity index (χ2n) is 9.79. The number of nitrogens with zero attached hydrogens (tertiary/aromatic N) is 1. The van der Waals surface area contributed by atoms with E-state index in [0.717, 1.165) is 33.2 Å². The van der Waals surface area contributed by atoms with Crippen LogP contribution in [0.4, 0.5) is 0 Å². The lowest BCUT2D eigenvalue weighted by atomic mass is 9.78. The Morgan fingerprint density at radius 2 is 1.67 bits per heavy atom. The van der Waals surface area contributed by atoms with Crippen molar-refractivity contribution in [2.24, 2.45) is 5.10 Å². The highest BCUT2D eigenvalue weighted by Gasteiger charge is 2.26. The quantitative estimate of drug-likeness (QED) is 0.414. The molecule has 0 fully saturated rings. The number of aromatic amines is 1. The standard InChI is InChI=1S/C25H31N3O2/c1-24(2,3)19-11-16(12-20(23(19)30)25(4,5)6)14-27-28-22(29)13-17-15-26-21-10-8-7-9-18(17)21/h7-12,14-15,26,30H,13H2,1-6H3,(H,28,29)/b27-14-. The molecule has 30 heavy (non-hydrogen) atoms. The summed E-state index contributed by atoms with van der Waals surface area (Å²) in [5.74, 6) is 0.150. The monoisotopic (exact) mass is 405 g/mol. The SMILES string of the molecule is CC(C)(C)c1cc(/C=N\NC(=O)Cc2c[nH]c3ccccc23)cc(C(C)(C)C)c1O. The minimum Gasteiger partial charge on any atom is -0.507 e. The molecule has 0 unspecified atom stereocenters. The van der Waals surface area contributed by atoms with Crippen molar-refractivity contribution in [3.8, 4) is 5.75 Å². The van der Waals surface area contributed by atoms with Crippen LogP contribution in [0.15, 0.2) is 47.7 Å². The topological polar surface area (TPSA) is 77.5 Å². The van der Waals surface area contributed by atoms with Crippen LogP contribution in [-0.2, 0) is 22.0 Å². The summed E-state index contributed by atoms with van der Waals surface area (Å²) in [6.07, 6.45) is 3.74. The molecule has 1 heterocycles. The van der Waals surface area contributed by atoms with Gasteiger partial charge in [-0.1, -0.05) is 59.7 Å². The average molecular weight is 406 g/mol. The molecule has 1 aromatic heterocycles. The van der Waals surface area contributed by atoms with E-state index in [1.807, 2.05) is 42.6 Å². The largest absolute Gasteiger partial charge is 0.507 e. The molecule has 0 saturated carbocycles. The summed E-state index contributed by atoms with van der Waals surface area (Å²) in [7, 11) is 0. The number of fused-ring (bicyclic) bond motifs is 1. The fraction of sp³-hybridized carbons (Fsp3) is 0.360. The lowest BCUT2D eigenvalue weighted by Gasteiger charge is -2.27. The molecule has 0 saturated heterocycles. The van der Waals surface area contributed by atoms with E-state index in [-0.39, 0.29) is 23.2 Å². The van der Waals surface area contributed by atoms with E-state index in [9.17, 15) is 9.90 Å². The van der Waals surface area contributed by atoms with Crippen molar-refractivity contribution in [2.45, 2.75) is 58.8 Å². The number of hydrogen-bond acceptors (Lipinski definition) is 3. The van der Waals surface area contributed by atoms with Crippen molar-refractivity contribution in [3.63, 3.8) is 0 Å². The first-order chi connectivity index (χ1) is 14.0. The number of phenols is 1. The molecule has 3 aromatic rings. The van der Waals surface area contributed by atoms with Crippen LogP contribution in [0.2, 0.25) is 0 Å². The number of H-pyrrole nitrogens is 1. The summed E-state index contributed by atoms with van der Waals surface area (Å²) in [5.41, 5.74) is 6.70. The highest BCUT2D eigenvalue weighted by atomic mass is 16.3. The van der Waals surface area contributed by atoms with Crippen LogP contribution in [0.3, 0.4) is 0 Å². The summed E-state index contributed by atoms with van der Waals surface area (Å²) in [6, 6.07) is 11.8. The van der Waals surface area contributed by atoms with Gasteiger partial charge in [0.05, 0.1) is 12.6 Å². The third-order valence-corrected chi connectivity index (χ3v) is 5.18. The van der Waals surface area contributed by atoms with E-state index >= 15 is 0 Å². The number of aromatic nitrogens is 1. The molecule has 5 nitrogen and oxygen atoms in total. The van der Waals surface area contributed by atoms with E-state index in [4.69, 9.17) is 0 Å². The van der Waals surface area contributed by atoms with Crippen LogP contribution in [0.5, 0.6) is 5.75 Å². The molecule has 158 valence electrons. The molecule has 0 aliphatic carbocycles. The van der Waals surface area contributed by atoms with E-state index in [1.165, 1.54) is 0 Å². The number of carbonyl (C=O) groups excluding carboxylic acids is 1. The Morgan fingerprint density at radius 3 is 2.27 bits per heavy atom. The first-order valence-electron chi connectivity index (χ1n) is 10.2. The van der Waals surface area contributed by atoms with Crippen molar-refractivity contribution in [1.82, 2.24) is 10.4 Å². The zero-order chi connectivity index (χ0) is 22.1. The molecule has 0 spiro atoms. The normalized spacial score (nSPS) is 12.6. The smallest absolute Gasteiger partial charge is 0.244 e. The van der Waals surface area contributed by atoms with Crippen molar-refractivity contribution >= 4 is 23.0 Å². The molecule has 2 aromatic carbocycles. The molecule has 1 amide bonds. The summed E-state index contributed by atoms with van der Waals surface area (Å²) in [6.45, 7) is 12.4. The zero-order valence-corrected chi connectivity index (χ0v) is 18.6. The van der Waals surface area contributed by atoms with Gasteiger partial charge in [0.15, 0.2) is 0 Å². The molecule has 0 radical (unpaired) electrons. The van der Waals surface area contributed by atoms with Gasteiger partial charge in [0.25, 0.3) is 0 Å². The summed E-state index contributed by atoms with van der Waals surface area (Å²) in [4.78, 5) is 15.6. The fourth-order valence-electron chi connectivity index (χ4n) is 3.54. The zero-order valence-electron chi connectivity index (χ0n) is 18.6. The third kappa shape index (κ3) is 4.73. The summed E-state index contributed by atoms with van der Waals surface area (Å²) >= 11 is 0. The lowest BCUT2D eigenvalue weighted by molar-refractivity contribution is -0.120. The Kier molecular flexibility index (Phi) is 5.75. The molecule has 0 aliphatic rings. The molecule has 3 N–H and O–H groups in total. The van der Waals surface area contributed by atoms with Crippen molar-refractivity contribution in [2.75, 3.05) is 0 Å². The van der Waals surface area contributed by atoms with Gasteiger partial charge < -0.3 is 10.1 Å². The number of phenolic OH excluding ortho intramolecular Hbond substituents is 1. The number of nitrogens with one attached hydrogen (secondary N) is 2. The Bertz CT molecular complexity index is 1060. The molecule has 0 atom stereocenters. The van der Waals surface area contributed by atoms with Gasteiger partial charge in [0.1, 0.15) is 5.75 Å². The molecule has 5 heteroatoms. The molecule has 3 rings (SSSR count). The number of benzene rings is 2. The third-order valence-electron chi connectivity index (χ3n) is 5.18. The highest BCUT2D eigenvalue weighted by molar-refractivity contribution is 5.89. The van der Waals surface area contributed by atoms with Crippen molar-refractivity contribution in [3.05, 3.63) is 64.8 Å². The molecule has 0 bridgehead atoms. The Hall–Kier alpha value is -3.08. The number of aromatic hydroxyl groups is 1. The van der Waals surface area contributed by atoms with E-state index in [1.54, 1.807) is 6.21 Å². The number of amides is 1.